The summed E-state index contributed by atoms with van der Waals surface area (Å²) in [5.74, 6) is 1.82. The highest BCUT2D eigenvalue weighted by Gasteiger charge is 2.31. The molecule has 0 spiro atoms. The number of methoxy groups -OCH3 is 6. The van der Waals surface area contributed by atoms with Gasteiger partial charge in [0.05, 0.1) is 53.8 Å². The van der Waals surface area contributed by atoms with E-state index in [4.69, 9.17) is 37.9 Å². The summed E-state index contributed by atoms with van der Waals surface area (Å²) in [6.45, 7) is 1.70. The lowest BCUT2D eigenvalue weighted by molar-refractivity contribution is 0.0732. The number of carbonyl (C=O) groups excluding carboxylic acids is 2. The van der Waals surface area contributed by atoms with Crippen LogP contribution in [0.4, 0.5) is 0 Å². The second-order valence-corrected chi connectivity index (χ2v) is 8.23. The van der Waals surface area contributed by atoms with Gasteiger partial charge in [-0.25, -0.2) is 4.79 Å². The van der Waals surface area contributed by atoms with Crippen LogP contribution in [0, 0.1) is 6.92 Å². The van der Waals surface area contributed by atoms with E-state index in [2.05, 4.69) is 0 Å². The molecule has 1 aliphatic heterocycles. The number of ether oxygens (including phenoxy) is 8. The van der Waals surface area contributed by atoms with Gasteiger partial charge in [-0.1, -0.05) is 0 Å². The first-order valence-corrected chi connectivity index (χ1v) is 11.7. The Morgan fingerprint density at radius 2 is 1.31 bits per heavy atom. The Morgan fingerprint density at radius 3 is 1.87 bits per heavy atom. The van der Waals surface area contributed by atoms with Crippen molar-refractivity contribution in [1.82, 2.24) is 0 Å². The van der Waals surface area contributed by atoms with Crippen LogP contribution in [-0.2, 0) is 0 Å². The van der Waals surface area contributed by atoms with Gasteiger partial charge in [0.1, 0.15) is 11.5 Å². The van der Waals surface area contributed by atoms with E-state index in [-0.39, 0.29) is 22.9 Å². The predicted octanol–water partition coefficient (Wildman–Crippen LogP) is 4.88. The zero-order valence-corrected chi connectivity index (χ0v) is 22.6. The topological polar surface area (TPSA) is 108 Å². The molecule has 3 aromatic carbocycles. The van der Waals surface area contributed by atoms with Crippen molar-refractivity contribution >= 4 is 17.8 Å². The van der Waals surface area contributed by atoms with Gasteiger partial charge in [0.15, 0.2) is 28.8 Å². The van der Waals surface area contributed by atoms with Crippen molar-refractivity contribution in [1.29, 1.82) is 0 Å². The number of allylic oxidation sites excluding steroid dienone is 1. The molecule has 0 atom stereocenters. The number of ketones is 1. The number of hydrogen-bond donors (Lipinski definition) is 0. The van der Waals surface area contributed by atoms with Gasteiger partial charge < -0.3 is 37.9 Å². The van der Waals surface area contributed by atoms with Gasteiger partial charge in [0.25, 0.3) is 0 Å². The molecule has 0 N–H and O–H groups in total. The van der Waals surface area contributed by atoms with Gasteiger partial charge in [-0.15, -0.1) is 0 Å². The molecule has 0 saturated heterocycles. The van der Waals surface area contributed by atoms with Crippen LogP contribution in [0.3, 0.4) is 0 Å². The molecule has 0 unspecified atom stereocenters. The third kappa shape index (κ3) is 4.88. The van der Waals surface area contributed by atoms with Crippen molar-refractivity contribution in [3.63, 3.8) is 0 Å². The molecule has 0 amide bonds. The summed E-state index contributed by atoms with van der Waals surface area (Å²) in [5.41, 5.74) is 1.55. The van der Waals surface area contributed by atoms with Gasteiger partial charge in [0.2, 0.25) is 17.3 Å². The molecule has 4 rings (SSSR count). The Morgan fingerprint density at radius 1 is 0.718 bits per heavy atom. The lowest BCUT2D eigenvalue weighted by Crippen LogP contribution is -2.10. The quantitative estimate of drug-likeness (QED) is 0.213. The van der Waals surface area contributed by atoms with E-state index in [1.54, 1.807) is 37.3 Å². The van der Waals surface area contributed by atoms with Gasteiger partial charge in [-0.05, 0) is 49.4 Å². The lowest BCUT2D eigenvalue weighted by atomic mass is 10.1. The molecular weight excluding hydrogens is 508 g/mol. The normalized spacial score (nSPS) is 12.9. The molecule has 0 bridgehead atoms. The second-order valence-electron chi connectivity index (χ2n) is 8.23. The summed E-state index contributed by atoms with van der Waals surface area (Å²) in [4.78, 5) is 26.2. The number of hydrogen-bond acceptors (Lipinski definition) is 10. The standard InChI is InChI=1S/C29H28O10/c1-15-19(39-29(31)17-13-22(33-3)27(36-6)23(14-17)34-4)11-9-18-24(30)21(38-25(15)18)12-16-8-10-20(32-2)28(37-7)26(16)35-5/h8-14H,1-7H3/b21-12-. The Labute approximate surface area is 225 Å². The number of rotatable bonds is 9. The summed E-state index contributed by atoms with van der Waals surface area (Å²) in [6, 6.07) is 9.50. The first kappa shape index (κ1) is 27.2. The maximum Gasteiger partial charge on any atom is 0.343 e. The molecule has 204 valence electrons. The lowest BCUT2D eigenvalue weighted by Gasteiger charge is -2.14. The molecule has 0 radical (unpaired) electrons. The minimum atomic E-state index is -0.660. The number of fused-ring (bicyclic) bond motifs is 1. The van der Waals surface area contributed by atoms with E-state index in [0.29, 0.717) is 56.9 Å². The molecule has 0 aromatic heterocycles. The van der Waals surface area contributed by atoms with Crippen molar-refractivity contribution in [2.45, 2.75) is 6.92 Å². The fraction of sp³-hybridized carbons (Fsp3) is 0.241. The molecule has 0 saturated carbocycles. The van der Waals surface area contributed by atoms with Crippen molar-refractivity contribution in [2.24, 2.45) is 0 Å². The monoisotopic (exact) mass is 536 g/mol. The summed E-state index contributed by atoms with van der Waals surface area (Å²) in [5, 5.41) is 0. The van der Waals surface area contributed by atoms with Crippen LogP contribution in [0.2, 0.25) is 0 Å². The highest BCUT2D eigenvalue weighted by Crippen LogP contribution is 2.44. The molecule has 10 heteroatoms. The first-order valence-electron chi connectivity index (χ1n) is 11.7. The minimum Gasteiger partial charge on any atom is -0.493 e. The third-order valence-electron chi connectivity index (χ3n) is 6.16. The molecule has 1 heterocycles. The zero-order chi connectivity index (χ0) is 28.3. The van der Waals surface area contributed by atoms with E-state index in [0.717, 1.165) is 0 Å². The maximum atomic E-state index is 13.1. The molecule has 10 nitrogen and oxygen atoms in total. The molecule has 0 fully saturated rings. The van der Waals surface area contributed by atoms with Gasteiger partial charge in [-0.3, -0.25) is 4.79 Å². The molecule has 0 aliphatic carbocycles. The fourth-order valence-electron chi connectivity index (χ4n) is 4.22. The average Bonchev–Trinajstić information content (AvgIpc) is 3.28. The van der Waals surface area contributed by atoms with E-state index in [1.807, 2.05) is 0 Å². The Balaban J connectivity index is 1.65. The second kappa shape index (κ2) is 11.3. The zero-order valence-electron chi connectivity index (χ0n) is 22.6. The van der Waals surface area contributed by atoms with Crippen molar-refractivity contribution < 1.29 is 47.5 Å². The minimum absolute atomic E-state index is 0.0757. The summed E-state index contributed by atoms with van der Waals surface area (Å²) in [6.07, 6.45) is 1.56. The first-order chi connectivity index (χ1) is 18.8. The molecule has 1 aliphatic rings. The smallest absolute Gasteiger partial charge is 0.343 e. The Hall–Kier alpha value is -4.86. The number of carbonyl (C=O) groups is 2. The van der Waals surface area contributed by atoms with Crippen LogP contribution in [-0.4, -0.2) is 54.4 Å². The molecular formula is C29H28O10. The SMILES string of the molecule is COc1cc(C(=O)Oc2ccc3c(c2C)O/C(=C\c2ccc(OC)c(OC)c2OC)C3=O)cc(OC)c1OC. The van der Waals surface area contributed by atoms with Gasteiger partial charge >= 0.3 is 5.97 Å². The highest BCUT2D eigenvalue weighted by molar-refractivity contribution is 6.15. The summed E-state index contributed by atoms with van der Waals surface area (Å²) >= 11 is 0. The number of esters is 1. The largest absolute Gasteiger partial charge is 0.493 e. The molecule has 3 aromatic rings. The highest BCUT2D eigenvalue weighted by atomic mass is 16.5. The third-order valence-corrected chi connectivity index (χ3v) is 6.16. The van der Waals surface area contributed by atoms with Gasteiger partial charge in [-0.2, -0.15) is 0 Å². The van der Waals surface area contributed by atoms with E-state index >= 15 is 0 Å². The van der Waals surface area contributed by atoms with Crippen LogP contribution in [0.15, 0.2) is 42.2 Å². The van der Waals surface area contributed by atoms with E-state index in [1.165, 1.54) is 54.8 Å². The van der Waals surface area contributed by atoms with Crippen molar-refractivity contribution in [3.05, 3.63) is 64.4 Å². The average molecular weight is 537 g/mol. The van der Waals surface area contributed by atoms with Crippen LogP contribution in [0.1, 0.15) is 31.8 Å². The fourth-order valence-corrected chi connectivity index (χ4v) is 4.22. The molecule has 39 heavy (non-hydrogen) atoms. The number of Topliss-reactive ketones (excluding diaryl/α,β-unsaturated/α-hetero) is 1. The summed E-state index contributed by atoms with van der Waals surface area (Å²) in [7, 11) is 8.88. The maximum absolute atomic E-state index is 13.1. The summed E-state index contributed by atoms with van der Waals surface area (Å²) < 4.78 is 43.8. The van der Waals surface area contributed by atoms with Crippen LogP contribution in [0.25, 0.3) is 6.08 Å². The predicted molar refractivity (Wildman–Crippen MR) is 141 cm³/mol. The van der Waals surface area contributed by atoms with Crippen molar-refractivity contribution in [2.75, 3.05) is 42.7 Å². The van der Waals surface area contributed by atoms with E-state index in [9.17, 15) is 9.59 Å². The van der Waals surface area contributed by atoms with Gasteiger partial charge in [0, 0.05) is 11.1 Å². The van der Waals surface area contributed by atoms with Crippen LogP contribution in [0.5, 0.6) is 46.0 Å². The van der Waals surface area contributed by atoms with E-state index < -0.39 is 5.97 Å². The number of benzene rings is 3. The van der Waals surface area contributed by atoms with Crippen LogP contribution < -0.4 is 37.9 Å². The Bertz CT molecular complexity index is 1450. The van der Waals surface area contributed by atoms with Crippen molar-refractivity contribution in [3.8, 4) is 46.0 Å². The Kier molecular flexibility index (Phi) is 7.85. The van der Waals surface area contributed by atoms with Crippen LogP contribution >= 0.6 is 0 Å².